The fraction of sp³-hybridized carbons (Fsp3) is 0.236. The Labute approximate surface area is 658 Å². The van der Waals surface area contributed by atoms with E-state index in [9.17, 15) is 9.18 Å². The van der Waals surface area contributed by atoms with Crippen molar-refractivity contribution in [1.29, 1.82) is 0 Å². The van der Waals surface area contributed by atoms with Gasteiger partial charge in [0.15, 0.2) is 11.3 Å². The Kier molecular flexibility index (Phi) is 22.5. The van der Waals surface area contributed by atoms with Crippen LogP contribution in [0.5, 0.6) is 0 Å². The van der Waals surface area contributed by atoms with Crippen LogP contribution in [-0.4, -0.2) is 89.9 Å². The Morgan fingerprint density at radius 3 is 1.29 bits per heavy atom. The first-order chi connectivity index (χ1) is 53.9. The molecule has 0 unspecified atom stereocenters. The fourth-order valence-corrected chi connectivity index (χ4v) is 15.6. The molecule has 17 rings (SSSR count). The molecule has 22 heteroatoms. The molecule has 0 spiro atoms. The molecular weight excluding hydrogens is 1460 g/mol. The Morgan fingerprint density at radius 2 is 0.883 bits per heavy atom. The molecule has 111 heavy (non-hydrogen) atoms. The summed E-state index contributed by atoms with van der Waals surface area (Å²) in [4.78, 5) is 51.6. The number of halogens is 5. The molecule has 2 aliphatic carbocycles. The number of carbonyl (C=O) groups is 1. The lowest BCUT2D eigenvalue weighted by Crippen LogP contribution is -2.38. The highest BCUT2D eigenvalue weighted by Crippen LogP contribution is 2.51. The molecule has 7 heterocycles. The third-order valence-electron chi connectivity index (χ3n) is 20.7. The molecule has 3 N–H and O–H groups in total. The van der Waals surface area contributed by atoms with E-state index >= 15 is 4.39 Å². The van der Waals surface area contributed by atoms with E-state index < -0.39 is 22.8 Å². The molecule has 2 saturated carbocycles. The van der Waals surface area contributed by atoms with Crippen molar-refractivity contribution in [1.82, 2.24) is 64.7 Å². The van der Waals surface area contributed by atoms with E-state index in [1.54, 1.807) is 30.9 Å². The number of aryl methyl sites for hydroxylation is 2. The quantitative estimate of drug-likeness (QED) is 0.0605. The minimum absolute atomic E-state index is 0.0469. The number of nitrogens with two attached hydrogens (primary N) is 1. The van der Waals surface area contributed by atoms with Crippen molar-refractivity contribution in [3.63, 3.8) is 0 Å². The molecule has 2 fully saturated rings. The molecular formula is C89H82Cl3F2N15O2. The SMILES string of the molecule is CCC1=NCc2ncnc(-c3cc(F)cc(C4(CN)CC4)c3)c21.CCc1nn(C(c2ccccc2)(c2ccccc2)c2ccccc2)c2ncnc(-c3cc(F)cc(C4(CNC(=O)OC(C)(C)C)CC4)c3)c12.CCc1nn(C(c2ccccc2)(c2ccccc2)c2ccccc2)c2ncnc(Cl)c12.Clc1cc(Cl)ncn1. The second-order valence-electron chi connectivity index (χ2n) is 28.7. The monoisotopic (exact) mass is 1540 g/mol. The Hall–Kier alpha value is -11.4. The van der Waals surface area contributed by atoms with Gasteiger partial charge in [-0.3, -0.25) is 4.99 Å². The van der Waals surface area contributed by atoms with Crippen molar-refractivity contribution in [2.75, 3.05) is 13.1 Å². The molecule has 8 aromatic carbocycles. The summed E-state index contributed by atoms with van der Waals surface area (Å²) in [5.41, 5.74) is 20.2. The average molecular weight is 1540 g/mol. The standard InChI is InChI=1S/C41H40FN5O2.C26H21ClN4.C18H19FN4.C4H2Cl2N2/c1-5-34-35-36(28-23-32(25-33(42)24-28)40(21-22-40)26-43-38(48)49-39(2,3)4)44-27-45-37(35)47(46-34)41(29-15-9-6-10-16-29,30-17-11-7-12-18-30)31-19-13-8-14-20-31;1-2-22-23-24(27)28-18-29-25(23)31(30-22)26(19-12-6-3-7-13-19,20-14-8-4-9-15-20)21-16-10-5-11-17-21;1-2-14-16-15(8-21-14)22-10-23-17(16)11-5-12(7-13(19)6-11)18(9-20)3-4-18;5-3-1-4(6)8-2-7-3/h6-20,23-25,27H,5,21-22,26H2,1-4H3,(H,43,48);3-18H,2H2,1H3;5-7,10H,2-4,8-9,20H2,1H3;1-2H. The Balaban J connectivity index is 0.000000140. The smallest absolute Gasteiger partial charge is 0.407 e. The first kappa shape index (κ1) is 76.4. The largest absolute Gasteiger partial charge is 0.444 e. The second kappa shape index (κ2) is 32.7. The average Bonchev–Trinajstić information content (AvgIpc) is 1.53. The lowest BCUT2D eigenvalue weighted by Gasteiger charge is -2.36. The van der Waals surface area contributed by atoms with E-state index in [0.29, 0.717) is 64.1 Å². The van der Waals surface area contributed by atoms with Crippen molar-refractivity contribution in [2.45, 2.75) is 121 Å². The highest BCUT2D eigenvalue weighted by Gasteiger charge is 2.47. The maximum Gasteiger partial charge on any atom is 0.407 e. The lowest BCUT2D eigenvalue weighted by molar-refractivity contribution is 0.0522. The van der Waals surface area contributed by atoms with Crippen LogP contribution in [0.3, 0.4) is 0 Å². The Bertz CT molecular complexity index is 5440. The number of hydrogen-bond acceptors (Lipinski definition) is 14. The van der Waals surface area contributed by atoms with Crippen LogP contribution in [0.1, 0.15) is 141 Å². The normalized spacial score (nSPS) is 13.8. The number of aliphatic imine (C=N–C) groups is 1. The summed E-state index contributed by atoms with van der Waals surface area (Å²) in [6.07, 6.45) is 11.3. The third-order valence-corrected chi connectivity index (χ3v) is 21.4. The molecule has 1 amide bonds. The van der Waals surface area contributed by atoms with Crippen LogP contribution in [0.4, 0.5) is 13.6 Å². The number of ether oxygens (including phenoxy) is 1. The van der Waals surface area contributed by atoms with E-state index in [1.807, 2.05) is 115 Å². The minimum atomic E-state index is -0.875. The molecule has 0 bridgehead atoms. The fourth-order valence-electron chi connectivity index (χ4n) is 15.0. The first-order valence-electron chi connectivity index (χ1n) is 37.1. The second-order valence-corrected chi connectivity index (χ2v) is 29.9. The highest BCUT2D eigenvalue weighted by molar-refractivity contribution is 6.34. The van der Waals surface area contributed by atoms with Gasteiger partial charge < -0.3 is 15.8 Å². The van der Waals surface area contributed by atoms with Gasteiger partial charge in [-0.25, -0.2) is 62.8 Å². The van der Waals surface area contributed by atoms with Gasteiger partial charge >= 0.3 is 6.09 Å². The van der Waals surface area contributed by atoms with Crippen LogP contribution >= 0.6 is 34.8 Å². The van der Waals surface area contributed by atoms with E-state index in [-0.39, 0.29) is 22.5 Å². The number of alkyl carbamates (subject to hydrolysis) is 1. The number of rotatable bonds is 18. The summed E-state index contributed by atoms with van der Waals surface area (Å²) < 4.78 is 39.3. The topological polar surface area (TPSA) is 215 Å². The van der Waals surface area contributed by atoms with E-state index in [1.165, 1.54) is 24.8 Å². The number of amides is 1. The van der Waals surface area contributed by atoms with Crippen molar-refractivity contribution in [3.05, 3.63) is 344 Å². The summed E-state index contributed by atoms with van der Waals surface area (Å²) in [6.45, 7) is 13.2. The maximum atomic E-state index is 15.6. The number of benzene rings is 8. The van der Waals surface area contributed by atoms with Crippen LogP contribution in [0, 0.1) is 11.6 Å². The van der Waals surface area contributed by atoms with Gasteiger partial charge in [0.05, 0.1) is 45.8 Å². The Morgan fingerprint density at radius 1 is 0.486 bits per heavy atom. The van der Waals surface area contributed by atoms with E-state index in [4.69, 9.17) is 65.4 Å². The number of nitrogens with zero attached hydrogens (tertiary/aromatic N) is 13. The molecule has 17 nitrogen and oxygen atoms in total. The van der Waals surface area contributed by atoms with Crippen molar-refractivity contribution >= 4 is 68.7 Å². The van der Waals surface area contributed by atoms with Gasteiger partial charge in [0.1, 0.15) is 69.1 Å². The predicted octanol–water partition coefficient (Wildman–Crippen LogP) is 19.2. The lowest BCUT2D eigenvalue weighted by atomic mass is 9.77. The summed E-state index contributed by atoms with van der Waals surface area (Å²) in [7, 11) is 0. The summed E-state index contributed by atoms with van der Waals surface area (Å²) >= 11 is 17.4. The molecule has 6 aromatic heterocycles. The van der Waals surface area contributed by atoms with Gasteiger partial charge in [-0.2, -0.15) is 10.2 Å². The van der Waals surface area contributed by atoms with Gasteiger partial charge in [0, 0.05) is 52.4 Å². The van der Waals surface area contributed by atoms with Crippen LogP contribution in [0.25, 0.3) is 44.6 Å². The van der Waals surface area contributed by atoms with Crippen molar-refractivity contribution in [3.8, 4) is 22.5 Å². The molecule has 14 aromatic rings. The maximum absolute atomic E-state index is 15.6. The van der Waals surface area contributed by atoms with Crippen LogP contribution in [-0.2, 0) is 46.0 Å². The zero-order chi connectivity index (χ0) is 77.5. The number of nitrogens with one attached hydrogen (secondary N) is 1. The molecule has 0 radical (unpaired) electrons. The number of carbonyl (C=O) groups excluding carboxylic acids is 1. The predicted molar refractivity (Wildman–Crippen MR) is 434 cm³/mol. The minimum Gasteiger partial charge on any atom is -0.444 e. The zero-order valence-electron chi connectivity index (χ0n) is 62.3. The summed E-state index contributed by atoms with van der Waals surface area (Å²) in [5, 5.41) is 16.1. The van der Waals surface area contributed by atoms with Crippen molar-refractivity contribution in [2.24, 2.45) is 10.7 Å². The summed E-state index contributed by atoms with van der Waals surface area (Å²) in [6, 6.07) is 74.1. The van der Waals surface area contributed by atoms with Crippen LogP contribution in [0.15, 0.2) is 255 Å². The first-order valence-corrected chi connectivity index (χ1v) is 38.3. The van der Waals surface area contributed by atoms with Crippen LogP contribution < -0.4 is 11.1 Å². The van der Waals surface area contributed by atoms with Gasteiger partial charge in [-0.15, -0.1) is 0 Å². The molecule has 1 aliphatic heterocycles. The van der Waals surface area contributed by atoms with Crippen LogP contribution in [0.2, 0.25) is 15.5 Å². The number of hydrogen-bond donors (Lipinski definition) is 2. The number of fused-ring (bicyclic) bond motifs is 3. The van der Waals surface area contributed by atoms with Crippen molar-refractivity contribution < 1.29 is 18.3 Å². The highest BCUT2D eigenvalue weighted by atomic mass is 35.5. The van der Waals surface area contributed by atoms with Gasteiger partial charge in [0.25, 0.3) is 0 Å². The summed E-state index contributed by atoms with van der Waals surface area (Å²) in [5.74, 6) is -0.599. The van der Waals surface area contributed by atoms with Gasteiger partial charge in [-0.1, -0.05) is 238 Å². The number of aromatic nitrogens is 12. The van der Waals surface area contributed by atoms with E-state index in [2.05, 4.69) is 170 Å². The molecule has 0 saturated heterocycles. The van der Waals surface area contributed by atoms with E-state index in [0.717, 1.165) is 133 Å². The molecule has 0 atom stereocenters. The van der Waals surface area contributed by atoms with Gasteiger partial charge in [0.2, 0.25) is 0 Å². The van der Waals surface area contributed by atoms with Gasteiger partial charge in [-0.05, 0) is 147 Å². The molecule has 3 aliphatic rings. The zero-order valence-corrected chi connectivity index (χ0v) is 64.6. The molecule has 560 valence electrons. The third kappa shape index (κ3) is 15.5.